The fourth-order valence-electron chi connectivity index (χ4n) is 2.08. The van der Waals surface area contributed by atoms with Crippen LogP contribution in [-0.2, 0) is 14.2 Å². The molecule has 4 nitrogen and oxygen atoms in total. The molecule has 0 radical (unpaired) electrons. The molecule has 0 aliphatic carbocycles. The molecule has 1 atom stereocenters. The molecule has 1 N–H and O–H groups in total. The third kappa shape index (κ3) is 14.3. The van der Waals surface area contributed by atoms with Crippen molar-refractivity contribution in [2.75, 3.05) is 53.2 Å². The molecule has 0 aromatic rings. The minimum Gasteiger partial charge on any atom is -0.379 e. The Morgan fingerprint density at radius 1 is 0.750 bits per heavy atom. The maximum Gasteiger partial charge on any atom is 0.0701 e. The fraction of sp³-hybridized carbons (Fsp3) is 1.00. The molecule has 0 aromatic carbocycles. The first-order valence-corrected chi connectivity index (χ1v) is 8.22. The van der Waals surface area contributed by atoms with Gasteiger partial charge in [0.05, 0.1) is 26.4 Å². The van der Waals surface area contributed by atoms with Gasteiger partial charge in [-0.2, -0.15) is 0 Å². The van der Waals surface area contributed by atoms with Crippen molar-refractivity contribution in [2.24, 2.45) is 5.92 Å². The Bertz CT molecular complexity index is 173. The summed E-state index contributed by atoms with van der Waals surface area (Å²) in [7, 11) is 2.01. The van der Waals surface area contributed by atoms with Crippen LogP contribution in [0.1, 0.15) is 46.0 Å². The molecule has 0 aliphatic rings. The van der Waals surface area contributed by atoms with Crippen LogP contribution >= 0.6 is 0 Å². The largest absolute Gasteiger partial charge is 0.379 e. The van der Waals surface area contributed by atoms with E-state index < -0.39 is 0 Å². The Morgan fingerprint density at radius 2 is 1.35 bits per heavy atom. The van der Waals surface area contributed by atoms with Crippen LogP contribution in [0.2, 0.25) is 0 Å². The van der Waals surface area contributed by atoms with Gasteiger partial charge in [-0.1, -0.05) is 26.7 Å². The van der Waals surface area contributed by atoms with Crippen LogP contribution in [0.5, 0.6) is 0 Å². The lowest BCUT2D eigenvalue weighted by Gasteiger charge is -2.15. The Kier molecular flexibility index (Phi) is 16.8. The summed E-state index contributed by atoms with van der Waals surface area (Å²) in [6, 6.07) is 0. The zero-order chi connectivity index (χ0) is 14.9. The molecule has 0 aliphatic heterocycles. The topological polar surface area (TPSA) is 39.7 Å². The van der Waals surface area contributed by atoms with E-state index in [0.29, 0.717) is 26.4 Å². The van der Waals surface area contributed by atoms with Gasteiger partial charge in [-0.15, -0.1) is 0 Å². The van der Waals surface area contributed by atoms with Crippen molar-refractivity contribution < 1.29 is 14.2 Å². The summed E-state index contributed by atoms with van der Waals surface area (Å²) in [6.45, 7) is 9.89. The summed E-state index contributed by atoms with van der Waals surface area (Å²) in [4.78, 5) is 0. The minimum absolute atomic E-state index is 0.668. The highest BCUT2D eigenvalue weighted by Gasteiger charge is 2.06. The summed E-state index contributed by atoms with van der Waals surface area (Å²) >= 11 is 0. The summed E-state index contributed by atoms with van der Waals surface area (Å²) in [5, 5.41) is 3.25. The van der Waals surface area contributed by atoms with E-state index in [-0.39, 0.29) is 0 Å². The molecule has 4 heteroatoms. The molecule has 0 amide bonds. The number of unbranched alkanes of at least 4 members (excludes halogenated alkanes) is 1. The first-order valence-electron chi connectivity index (χ1n) is 8.22. The van der Waals surface area contributed by atoms with E-state index >= 15 is 0 Å². The molecule has 0 rings (SSSR count). The lowest BCUT2D eigenvalue weighted by atomic mass is 10.0. The van der Waals surface area contributed by atoms with E-state index in [9.17, 15) is 0 Å². The summed E-state index contributed by atoms with van der Waals surface area (Å²) < 4.78 is 16.5. The first-order chi connectivity index (χ1) is 9.85. The van der Waals surface area contributed by atoms with Gasteiger partial charge < -0.3 is 19.5 Å². The van der Waals surface area contributed by atoms with Crippen LogP contribution in [0.3, 0.4) is 0 Å². The molecule has 0 aromatic heterocycles. The Hall–Kier alpha value is -0.160. The molecule has 0 saturated heterocycles. The van der Waals surface area contributed by atoms with Crippen LogP contribution in [-0.4, -0.2) is 53.2 Å². The van der Waals surface area contributed by atoms with Gasteiger partial charge in [0, 0.05) is 13.2 Å². The van der Waals surface area contributed by atoms with Crippen molar-refractivity contribution in [1.29, 1.82) is 0 Å². The van der Waals surface area contributed by atoms with E-state index in [1.165, 1.54) is 19.3 Å². The maximum absolute atomic E-state index is 5.61. The van der Waals surface area contributed by atoms with Crippen molar-refractivity contribution in [3.8, 4) is 0 Å². The van der Waals surface area contributed by atoms with Crippen molar-refractivity contribution in [3.05, 3.63) is 0 Å². The molecular formula is C16H35NO3. The Balaban J connectivity index is 3.18. The van der Waals surface area contributed by atoms with E-state index in [1.54, 1.807) is 0 Å². The van der Waals surface area contributed by atoms with Crippen LogP contribution in [0, 0.1) is 5.92 Å². The average molecular weight is 289 g/mol. The van der Waals surface area contributed by atoms with Crippen LogP contribution in [0.15, 0.2) is 0 Å². The second-order valence-corrected chi connectivity index (χ2v) is 5.19. The van der Waals surface area contributed by atoms with Crippen LogP contribution in [0.25, 0.3) is 0 Å². The predicted molar refractivity (Wildman–Crippen MR) is 84.3 cm³/mol. The Labute approximate surface area is 125 Å². The summed E-state index contributed by atoms with van der Waals surface area (Å²) in [5.74, 6) is 0.734. The van der Waals surface area contributed by atoms with E-state index in [0.717, 1.165) is 38.5 Å². The van der Waals surface area contributed by atoms with Crippen molar-refractivity contribution >= 4 is 0 Å². The zero-order valence-electron chi connectivity index (χ0n) is 13.8. The number of hydrogen-bond donors (Lipinski definition) is 1. The van der Waals surface area contributed by atoms with E-state index in [1.807, 2.05) is 7.05 Å². The maximum atomic E-state index is 5.61. The molecular weight excluding hydrogens is 254 g/mol. The van der Waals surface area contributed by atoms with Gasteiger partial charge in [0.1, 0.15) is 0 Å². The smallest absolute Gasteiger partial charge is 0.0701 e. The highest BCUT2D eigenvalue weighted by atomic mass is 16.5. The van der Waals surface area contributed by atoms with Gasteiger partial charge in [0.2, 0.25) is 0 Å². The van der Waals surface area contributed by atoms with E-state index in [4.69, 9.17) is 14.2 Å². The second kappa shape index (κ2) is 16.9. The number of nitrogens with one attached hydrogen (secondary N) is 1. The third-order valence-electron chi connectivity index (χ3n) is 3.25. The highest BCUT2D eigenvalue weighted by Crippen LogP contribution is 2.09. The molecule has 122 valence electrons. The molecule has 0 fully saturated rings. The van der Waals surface area contributed by atoms with Crippen LogP contribution in [0.4, 0.5) is 0 Å². The number of rotatable bonds is 16. The van der Waals surface area contributed by atoms with Gasteiger partial charge in [-0.05, 0) is 38.8 Å². The molecule has 0 heterocycles. The lowest BCUT2D eigenvalue weighted by molar-refractivity contribution is 0.0117. The number of hydrogen-bond acceptors (Lipinski definition) is 4. The second-order valence-electron chi connectivity index (χ2n) is 5.19. The molecule has 20 heavy (non-hydrogen) atoms. The normalized spacial score (nSPS) is 12.8. The third-order valence-corrected chi connectivity index (χ3v) is 3.25. The minimum atomic E-state index is 0.668. The molecule has 0 bridgehead atoms. The van der Waals surface area contributed by atoms with Gasteiger partial charge in [-0.3, -0.25) is 0 Å². The SMILES string of the molecule is CCCCOCCOCCOCCC(CCC)CNC. The summed E-state index contributed by atoms with van der Waals surface area (Å²) in [6.07, 6.45) is 5.97. The monoisotopic (exact) mass is 289 g/mol. The predicted octanol–water partition coefficient (Wildman–Crippen LogP) is 2.86. The molecule has 0 saturated carbocycles. The lowest BCUT2D eigenvalue weighted by Crippen LogP contribution is -2.20. The summed E-state index contributed by atoms with van der Waals surface area (Å²) in [5.41, 5.74) is 0. The van der Waals surface area contributed by atoms with Gasteiger partial charge >= 0.3 is 0 Å². The van der Waals surface area contributed by atoms with Gasteiger partial charge in [-0.25, -0.2) is 0 Å². The first kappa shape index (κ1) is 19.8. The van der Waals surface area contributed by atoms with Crippen molar-refractivity contribution in [1.82, 2.24) is 5.32 Å². The van der Waals surface area contributed by atoms with E-state index in [2.05, 4.69) is 19.2 Å². The Morgan fingerprint density at radius 3 is 1.90 bits per heavy atom. The van der Waals surface area contributed by atoms with Gasteiger partial charge in [0.15, 0.2) is 0 Å². The van der Waals surface area contributed by atoms with Crippen LogP contribution < -0.4 is 5.32 Å². The van der Waals surface area contributed by atoms with Gasteiger partial charge in [0.25, 0.3) is 0 Å². The quantitative estimate of drug-likeness (QED) is 0.444. The standard InChI is InChI=1S/C16H35NO3/c1-4-6-9-18-11-13-20-14-12-19-10-8-16(7-5-2)15-17-3/h16-17H,4-15H2,1-3H3. The average Bonchev–Trinajstić information content (AvgIpc) is 2.45. The van der Waals surface area contributed by atoms with Crippen molar-refractivity contribution in [3.63, 3.8) is 0 Å². The number of ether oxygens (including phenoxy) is 3. The fourth-order valence-corrected chi connectivity index (χ4v) is 2.08. The molecule has 1 unspecified atom stereocenters. The highest BCUT2D eigenvalue weighted by molar-refractivity contribution is 4.60. The zero-order valence-corrected chi connectivity index (χ0v) is 13.8. The molecule has 0 spiro atoms. The van der Waals surface area contributed by atoms with Crippen molar-refractivity contribution in [2.45, 2.75) is 46.0 Å².